The maximum Gasteiger partial charge on any atom is 0.334 e. The molecule has 1 unspecified atom stereocenters. The van der Waals surface area contributed by atoms with Crippen LogP contribution < -0.4 is 0 Å². The van der Waals surface area contributed by atoms with E-state index in [0.29, 0.717) is 5.70 Å². The van der Waals surface area contributed by atoms with Crippen molar-refractivity contribution in [2.24, 2.45) is 0 Å². The van der Waals surface area contributed by atoms with Crippen molar-refractivity contribution in [3.05, 3.63) is 11.9 Å². The van der Waals surface area contributed by atoms with Crippen molar-refractivity contribution < 1.29 is 4.57 Å². The molecule has 0 aromatic carbocycles. The highest BCUT2D eigenvalue weighted by molar-refractivity contribution is 7.57. The molecular weight excluding hydrogens is 185 g/mol. The first kappa shape index (κ1) is 10.2. The first-order valence-corrected chi connectivity index (χ1v) is 5.45. The van der Waals surface area contributed by atoms with Crippen molar-refractivity contribution in [1.29, 1.82) is 0 Å². The molecule has 1 heterocycles. The van der Waals surface area contributed by atoms with E-state index >= 15 is 0 Å². The van der Waals surface area contributed by atoms with E-state index in [4.69, 9.17) is 6.42 Å². The van der Waals surface area contributed by atoms with Crippen LogP contribution in [0, 0.1) is 12.3 Å². The lowest BCUT2D eigenvalue weighted by Gasteiger charge is -2.32. The van der Waals surface area contributed by atoms with Gasteiger partial charge < -0.3 is 4.67 Å². The first-order chi connectivity index (χ1) is 5.94. The Labute approximate surface area is 79.3 Å². The Bertz CT molecular complexity index is 329. The van der Waals surface area contributed by atoms with Gasteiger partial charge in [0.25, 0.3) is 0 Å². The summed E-state index contributed by atoms with van der Waals surface area (Å²) in [5.41, 5.74) is 0.652. The van der Waals surface area contributed by atoms with Gasteiger partial charge in [0.15, 0.2) is 0 Å². The van der Waals surface area contributed by atoms with Crippen molar-refractivity contribution in [3.63, 3.8) is 0 Å². The fraction of sp³-hybridized carbons (Fsp3) is 0.500. The number of allylic oxidation sites excluding steroid dienone is 1. The van der Waals surface area contributed by atoms with E-state index in [2.05, 4.69) is 5.92 Å². The summed E-state index contributed by atoms with van der Waals surface area (Å²) in [4.78, 5) is 0. The molecule has 4 nitrogen and oxygen atoms in total. The van der Waals surface area contributed by atoms with Gasteiger partial charge in [-0.1, -0.05) is 5.92 Å². The van der Waals surface area contributed by atoms with Crippen LogP contribution in [0.4, 0.5) is 0 Å². The van der Waals surface area contributed by atoms with Gasteiger partial charge in [-0.2, -0.15) is 0 Å². The number of nitrogens with zero attached hydrogens (tertiary/aromatic N) is 3. The predicted molar refractivity (Wildman–Crippen MR) is 53.7 cm³/mol. The molecule has 0 N–H and O–H groups in total. The second-order valence-electron chi connectivity index (χ2n) is 3.12. The highest BCUT2D eigenvalue weighted by atomic mass is 31.2. The predicted octanol–water partition coefficient (Wildman–Crippen LogP) is 1.01. The summed E-state index contributed by atoms with van der Waals surface area (Å²) in [7, 11) is 4.44. The molecule has 1 aliphatic heterocycles. The Morgan fingerprint density at radius 3 is 2.31 bits per heavy atom. The van der Waals surface area contributed by atoms with Crippen LogP contribution in [-0.4, -0.2) is 42.2 Å². The zero-order valence-corrected chi connectivity index (χ0v) is 9.25. The van der Waals surface area contributed by atoms with Crippen LogP contribution in [0.25, 0.3) is 0 Å². The molecule has 1 aliphatic rings. The Balaban J connectivity index is 3.11. The van der Waals surface area contributed by atoms with Crippen molar-refractivity contribution in [1.82, 2.24) is 14.0 Å². The Morgan fingerprint density at radius 1 is 1.54 bits per heavy atom. The number of hydrogen-bond acceptors (Lipinski definition) is 1. The smallest absolute Gasteiger partial charge is 0.302 e. The second-order valence-corrected chi connectivity index (χ2v) is 6.17. The average molecular weight is 199 g/mol. The zero-order chi connectivity index (χ0) is 10.2. The van der Waals surface area contributed by atoms with Crippen LogP contribution in [0.2, 0.25) is 0 Å². The molecule has 0 bridgehead atoms. The Morgan fingerprint density at radius 2 is 2.08 bits per heavy atom. The van der Waals surface area contributed by atoms with Gasteiger partial charge in [-0.3, -0.25) is 9.24 Å². The van der Waals surface area contributed by atoms with E-state index in [1.807, 2.05) is 0 Å². The van der Waals surface area contributed by atoms with Crippen molar-refractivity contribution in [3.8, 4) is 12.3 Å². The monoisotopic (exact) mass is 199 g/mol. The number of hydrogen-bond donors (Lipinski definition) is 0. The van der Waals surface area contributed by atoms with Gasteiger partial charge in [0.2, 0.25) is 0 Å². The molecule has 1 rings (SSSR count). The largest absolute Gasteiger partial charge is 0.334 e. The average Bonchev–Trinajstić information content (AvgIpc) is 2.30. The summed E-state index contributed by atoms with van der Waals surface area (Å²) in [6.45, 7) is 0. The van der Waals surface area contributed by atoms with Crippen LogP contribution in [0.15, 0.2) is 11.9 Å². The molecule has 0 aliphatic carbocycles. The maximum absolute atomic E-state index is 12.4. The lowest BCUT2D eigenvalue weighted by Crippen LogP contribution is -2.25. The number of terminal acetylenes is 1. The molecule has 5 heteroatoms. The van der Waals surface area contributed by atoms with Crippen LogP contribution in [0.3, 0.4) is 0 Å². The minimum atomic E-state index is -2.63. The summed E-state index contributed by atoms with van der Waals surface area (Å²) in [6, 6.07) is 0. The lowest BCUT2D eigenvalue weighted by molar-refractivity contribution is 0.424. The third kappa shape index (κ3) is 1.25. The molecule has 72 valence electrons. The molecular formula is C8H14N3OP. The Hall–Kier alpha value is -0.910. The van der Waals surface area contributed by atoms with Crippen molar-refractivity contribution in [2.75, 3.05) is 28.2 Å². The van der Waals surface area contributed by atoms with Crippen LogP contribution >= 0.6 is 7.59 Å². The lowest BCUT2D eigenvalue weighted by atomic mass is 10.5. The molecule has 0 spiro atoms. The van der Waals surface area contributed by atoms with E-state index < -0.39 is 7.59 Å². The molecule has 0 aromatic heterocycles. The van der Waals surface area contributed by atoms with Gasteiger partial charge in [0.1, 0.15) is 5.70 Å². The third-order valence-electron chi connectivity index (χ3n) is 2.13. The minimum Gasteiger partial charge on any atom is -0.302 e. The summed E-state index contributed by atoms with van der Waals surface area (Å²) in [6.07, 6.45) is 7.00. The Kier molecular flexibility index (Phi) is 2.42. The SMILES string of the molecule is C#CC1=CN(C)P(=O)(N(C)C)N1C. The molecule has 0 amide bonds. The van der Waals surface area contributed by atoms with Crippen molar-refractivity contribution >= 4 is 7.59 Å². The summed E-state index contributed by atoms with van der Waals surface area (Å²) < 4.78 is 17.4. The van der Waals surface area contributed by atoms with Gasteiger partial charge in [0, 0.05) is 20.3 Å². The summed E-state index contributed by atoms with van der Waals surface area (Å²) >= 11 is 0. The van der Waals surface area contributed by atoms with Gasteiger partial charge >= 0.3 is 7.59 Å². The fourth-order valence-corrected chi connectivity index (χ4v) is 3.54. The quantitative estimate of drug-likeness (QED) is 0.465. The topological polar surface area (TPSA) is 26.8 Å². The van der Waals surface area contributed by atoms with Crippen LogP contribution in [-0.2, 0) is 4.57 Å². The van der Waals surface area contributed by atoms with Gasteiger partial charge in [-0.05, 0) is 14.1 Å². The van der Waals surface area contributed by atoms with Crippen LogP contribution in [0.5, 0.6) is 0 Å². The second kappa shape index (κ2) is 3.10. The normalized spacial score (nSPS) is 27.8. The molecule has 0 fully saturated rings. The first-order valence-electron chi connectivity index (χ1n) is 3.88. The fourth-order valence-electron chi connectivity index (χ4n) is 1.37. The van der Waals surface area contributed by atoms with E-state index in [0.717, 1.165) is 0 Å². The zero-order valence-electron chi connectivity index (χ0n) is 8.35. The van der Waals surface area contributed by atoms with Gasteiger partial charge in [-0.25, -0.2) is 4.67 Å². The highest BCUT2D eigenvalue weighted by Gasteiger charge is 2.40. The van der Waals surface area contributed by atoms with Gasteiger partial charge in [-0.15, -0.1) is 6.42 Å². The molecule has 0 radical (unpaired) electrons. The van der Waals surface area contributed by atoms with Crippen molar-refractivity contribution in [2.45, 2.75) is 0 Å². The molecule has 13 heavy (non-hydrogen) atoms. The maximum atomic E-state index is 12.4. The van der Waals surface area contributed by atoms with Gasteiger partial charge in [0.05, 0.1) is 0 Å². The van der Waals surface area contributed by atoms with E-state index in [1.54, 1.807) is 48.4 Å². The van der Waals surface area contributed by atoms with E-state index in [9.17, 15) is 4.57 Å². The molecule has 0 aromatic rings. The van der Waals surface area contributed by atoms with E-state index in [1.165, 1.54) is 0 Å². The summed E-state index contributed by atoms with van der Waals surface area (Å²) in [5, 5.41) is 0. The molecule has 0 saturated carbocycles. The third-order valence-corrected chi connectivity index (χ3v) is 5.11. The standard InChI is InChI=1S/C8H14N3OP/c1-6-8-7-10(4)13(12,9(2)3)11(8)5/h1,7H,2-5H3. The van der Waals surface area contributed by atoms with E-state index in [-0.39, 0.29) is 0 Å². The minimum absolute atomic E-state index is 0.652. The summed E-state index contributed by atoms with van der Waals surface area (Å²) in [5.74, 6) is 2.50. The molecule has 1 atom stereocenters. The number of rotatable bonds is 1. The molecule has 0 saturated heterocycles. The van der Waals surface area contributed by atoms with Crippen LogP contribution in [0.1, 0.15) is 0 Å². The highest BCUT2D eigenvalue weighted by Crippen LogP contribution is 2.58.